The van der Waals surface area contributed by atoms with Gasteiger partial charge < -0.3 is 5.32 Å². The molecule has 25 heavy (non-hydrogen) atoms. The van der Waals surface area contributed by atoms with Crippen LogP contribution in [0.4, 0.5) is 11.4 Å². The Labute approximate surface area is 158 Å². The lowest BCUT2D eigenvalue weighted by atomic mass is 10.1. The van der Waals surface area contributed by atoms with Crippen LogP contribution in [0.15, 0.2) is 53.0 Å². The first-order valence-corrected chi connectivity index (χ1v) is 8.36. The maximum atomic E-state index is 11.9. The number of benzene rings is 2. The number of hydrogen-bond donors (Lipinski definition) is 2. The summed E-state index contributed by atoms with van der Waals surface area (Å²) in [4.78, 5) is 22.1. The summed E-state index contributed by atoms with van der Waals surface area (Å²) in [6.45, 7) is 1.99. The van der Waals surface area contributed by atoms with Crippen molar-refractivity contribution in [1.29, 1.82) is 0 Å². The summed E-state index contributed by atoms with van der Waals surface area (Å²) in [5.74, 6) is -0.379. The van der Waals surface area contributed by atoms with Gasteiger partial charge in [-0.2, -0.15) is 0 Å². The lowest BCUT2D eigenvalue weighted by Gasteiger charge is -2.09. The van der Waals surface area contributed by atoms with Crippen LogP contribution in [0, 0.1) is 17.0 Å². The van der Waals surface area contributed by atoms with Gasteiger partial charge >= 0.3 is 0 Å². The molecular weight excluding hydrogens is 406 g/mol. The zero-order valence-electron chi connectivity index (χ0n) is 13.2. The van der Waals surface area contributed by atoms with Crippen LogP contribution in [0.25, 0.3) is 6.08 Å². The molecule has 6 nitrogen and oxygen atoms in total. The van der Waals surface area contributed by atoms with Gasteiger partial charge in [0.25, 0.3) is 5.69 Å². The van der Waals surface area contributed by atoms with Crippen molar-refractivity contribution in [2.75, 3.05) is 5.32 Å². The minimum Gasteiger partial charge on any atom is -0.331 e. The molecular formula is C17H14BrN3O3S. The van der Waals surface area contributed by atoms with Crippen molar-refractivity contribution in [2.24, 2.45) is 0 Å². The molecule has 0 aromatic heterocycles. The molecule has 0 saturated carbocycles. The highest BCUT2D eigenvalue weighted by molar-refractivity contribution is 9.10. The number of non-ortho nitro benzene ring substituents is 1. The molecule has 0 saturated heterocycles. The molecule has 0 unspecified atom stereocenters. The van der Waals surface area contributed by atoms with Gasteiger partial charge in [0.15, 0.2) is 5.11 Å². The third-order valence-electron chi connectivity index (χ3n) is 3.15. The molecule has 2 rings (SSSR count). The van der Waals surface area contributed by atoms with Crippen LogP contribution < -0.4 is 10.6 Å². The van der Waals surface area contributed by atoms with Gasteiger partial charge in [0.05, 0.1) is 10.6 Å². The Morgan fingerprint density at radius 1 is 1.24 bits per heavy atom. The average Bonchev–Trinajstić information content (AvgIpc) is 2.56. The molecule has 0 heterocycles. The van der Waals surface area contributed by atoms with Crippen LogP contribution >= 0.6 is 28.1 Å². The zero-order valence-corrected chi connectivity index (χ0v) is 15.6. The number of hydrogen-bond acceptors (Lipinski definition) is 4. The van der Waals surface area contributed by atoms with Crippen molar-refractivity contribution in [1.82, 2.24) is 5.32 Å². The SMILES string of the molecule is Cc1ccc(/C=C/C(=O)NC(=S)Nc2ccc([N+](=O)[O-])cc2Br)cc1. The van der Waals surface area contributed by atoms with Gasteiger partial charge in [-0.05, 0) is 52.8 Å². The summed E-state index contributed by atoms with van der Waals surface area (Å²) in [7, 11) is 0. The van der Waals surface area contributed by atoms with E-state index < -0.39 is 4.92 Å². The van der Waals surface area contributed by atoms with Crippen molar-refractivity contribution in [2.45, 2.75) is 6.92 Å². The highest BCUT2D eigenvalue weighted by Crippen LogP contribution is 2.26. The first kappa shape index (κ1) is 18.8. The number of nitrogens with one attached hydrogen (secondary N) is 2. The van der Waals surface area contributed by atoms with Crippen molar-refractivity contribution in [3.8, 4) is 0 Å². The van der Waals surface area contributed by atoms with Gasteiger partial charge in [0, 0.05) is 22.7 Å². The van der Waals surface area contributed by atoms with E-state index >= 15 is 0 Å². The number of nitro benzene ring substituents is 1. The second kappa shape index (κ2) is 8.50. The monoisotopic (exact) mass is 419 g/mol. The minimum absolute atomic E-state index is 0.0478. The molecule has 2 aromatic rings. The topological polar surface area (TPSA) is 84.3 Å². The van der Waals surface area contributed by atoms with Gasteiger partial charge in [-0.15, -0.1) is 0 Å². The highest BCUT2D eigenvalue weighted by atomic mass is 79.9. The third-order valence-corrected chi connectivity index (χ3v) is 4.01. The van der Waals surface area contributed by atoms with Crippen LogP contribution in [0.3, 0.4) is 0 Å². The lowest BCUT2D eigenvalue weighted by Crippen LogP contribution is -2.32. The molecule has 0 aliphatic rings. The molecule has 0 bridgehead atoms. The molecule has 0 aliphatic carbocycles. The zero-order chi connectivity index (χ0) is 18.4. The number of aryl methyl sites for hydroxylation is 1. The fraction of sp³-hybridized carbons (Fsp3) is 0.0588. The smallest absolute Gasteiger partial charge is 0.270 e. The van der Waals surface area contributed by atoms with Gasteiger partial charge in [0.2, 0.25) is 5.91 Å². The fourth-order valence-electron chi connectivity index (χ4n) is 1.88. The predicted molar refractivity (Wildman–Crippen MR) is 105 cm³/mol. The largest absolute Gasteiger partial charge is 0.331 e. The minimum atomic E-state index is -0.496. The number of carbonyl (C=O) groups excluding carboxylic acids is 1. The average molecular weight is 420 g/mol. The second-order valence-corrected chi connectivity index (χ2v) is 6.37. The van der Waals surface area contributed by atoms with E-state index in [1.807, 2.05) is 31.2 Å². The Morgan fingerprint density at radius 3 is 2.52 bits per heavy atom. The summed E-state index contributed by atoms with van der Waals surface area (Å²) >= 11 is 8.30. The van der Waals surface area contributed by atoms with E-state index in [0.29, 0.717) is 10.2 Å². The van der Waals surface area contributed by atoms with Gasteiger partial charge in [-0.3, -0.25) is 20.2 Å². The van der Waals surface area contributed by atoms with Crippen molar-refractivity contribution >= 4 is 56.6 Å². The van der Waals surface area contributed by atoms with Crippen LogP contribution in [0.5, 0.6) is 0 Å². The van der Waals surface area contributed by atoms with Crippen LogP contribution in [0.2, 0.25) is 0 Å². The Kier molecular flexibility index (Phi) is 6.37. The van der Waals surface area contributed by atoms with E-state index in [-0.39, 0.29) is 16.7 Å². The summed E-state index contributed by atoms with van der Waals surface area (Å²) in [6, 6.07) is 11.9. The highest BCUT2D eigenvalue weighted by Gasteiger charge is 2.10. The van der Waals surface area contributed by atoms with Gasteiger partial charge in [0.1, 0.15) is 0 Å². The van der Waals surface area contributed by atoms with E-state index in [1.54, 1.807) is 6.08 Å². The normalized spacial score (nSPS) is 10.5. The Hall–Kier alpha value is -2.58. The molecule has 0 spiro atoms. The lowest BCUT2D eigenvalue weighted by molar-refractivity contribution is -0.384. The molecule has 0 radical (unpaired) electrons. The van der Waals surface area contributed by atoms with E-state index in [4.69, 9.17) is 12.2 Å². The van der Waals surface area contributed by atoms with Gasteiger partial charge in [-0.25, -0.2) is 0 Å². The molecule has 2 aromatic carbocycles. The maximum absolute atomic E-state index is 11.9. The second-order valence-electron chi connectivity index (χ2n) is 5.11. The predicted octanol–water partition coefficient (Wildman–Crippen LogP) is 4.19. The Morgan fingerprint density at radius 2 is 1.92 bits per heavy atom. The molecule has 128 valence electrons. The molecule has 2 N–H and O–H groups in total. The van der Waals surface area contributed by atoms with E-state index in [2.05, 4.69) is 26.6 Å². The van der Waals surface area contributed by atoms with Crippen LogP contribution in [-0.2, 0) is 4.79 Å². The van der Waals surface area contributed by atoms with Crippen molar-refractivity contribution < 1.29 is 9.72 Å². The molecule has 8 heteroatoms. The molecule has 0 atom stereocenters. The van der Waals surface area contributed by atoms with Crippen LogP contribution in [-0.4, -0.2) is 15.9 Å². The summed E-state index contributed by atoms with van der Waals surface area (Å²) in [6.07, 6.45) is 3.06. The number of carbonyl (C=O) groups is 1. The quantitative estimate of drug-likeness (QED) is 0.335. The number of amides is 1. The Bertz CT molecular complexity index is 851. The van der Waals surface area contributed by atoms with E-state index in [1.165, 1.54) is 24.3 Å². The number of anilines is 1. The number of rotatable bonds is 4. The van der Waals surface area contributed by atoms with E-state index in [9.17, 15) is 14.9 Å². The third kappa shape index (κ3) is 5.77. The first-order valence-electron chi connectivity index (χ1n) is 7.16. The summed E-state index contributed by atoms with van der Waals surface area (Å²) in [5, 5.41) is 16.1. The number of halogens is 1. The molecule has 1 amide bonds. The van der Waals surface area contributed by atoms with Gasteiger partial charge in [-0.1, -0.05) is 29.8 Å². The van der Waals surface area contributed by atoms with Crippen molar-refractivity contribution in [3.63, 3.8) is 0 Å². The summed E-state index contributed by atoms with van der Waals surface area (Å²) in [5.41, 5.74) is 2.50. The van der Waals surface area contributed by atoms with Crippen LogP contribution in [0.1, 0.15) is 11.1 Å². The molecule has 0 fully saturated rings. The number of thiocarbonyl (C=S) groups is 1. The fourth-order valence-corrected chi connectivity index (χ4v) is 2.55. The summed E-state index contributed by atoms with van der Waals surface area (Å²) < 4.78 is 0.466. The van der Waals surface area contributed by atoms with Crippen molar-refractivity contribution in [3.05, 3.63) is 74.3 Å². The number of nitrogens with zero attached hydrogens (tertiary/aromatic N) is 1. The Balaban J connectivity index is 1.94. The molecule has 0 aliphatic heterocycles. The standard InChI is InChI=1S/C17H14BrN3O3S/c1-11-2-4-12(5-3-11)6-9-16(22)20-17(25)19-15-8-7-13(21(23)24)10-14(15)18/h2-10H,1H3,(H2,19,20,22,25)/b9-6+. The maximum Gasteiger partial charge on any atom is 0.270 e. The number of nitro groups is 1. The van der Waals surface area contributed by atoms with E-state index in [0.717, 1.165) is 11.1 Å². The first-order chi connectivity index (χ1) is 11.8.